The first-order chi connectivity index (χ1) is 12.1. The molecule has 0 saturated heterocycles. The van der Waals surface area contributed by atoms with Gasteiger partial charge in [-0.1, -0.05) is 6.07 Å². The van der Waals surface area contributed by atoms with Crippen molar-refractivity contribution in [3.63, 3.8) is 0 Å². The highest BCUT2D eigenvalue weighted by Crippen LogP contribution is 2.31. The smallest absolute Gasteiger partial charge is 0.194 e. The lowest BCUT2D eigenvalue weighted by molar-refractivity contribution is 0.282. The van der Waals surface area contributed by atoms with Crippen molar-refractivity contribution in [3.05, 3.63) is 45.6 Å². The van der Waals surface area contributed by atoms with E-state index < -0.39 is 0 Å². The first kappa shape index (κ1) is 16.5. The Morgan fingerprint density at radius 1 is 1.32 bits per heavy atom. The monoisotopic (exact) mass is 357 g/mol. The van der Waals surface area contributed by atoms with Gasteiger partial charge in [-0.25, -0.2) is 0 Å². The molecule has 1 aliphatic rings. The third-order valence-corrected chi connectivity index (χ3v) is 5.59. The van der Waals surface area contributed by atoms with E-state index >= 15 is 0 Å². The van der Waals surface area contributed by atoms with E-state index in [2.05, 4.69) is 38.8 Å². The number of aromatic amines is 1. The Hall–Kier alpha value is -1.96. The molecule has 1 aliphatic heterocycles. The number of benzene rings is 1. The van der Waals surface area contributed by atoms with Crippen LogP contribution >= 0.6 is 12.2 Å². The Balaban J connectivity index is 1.77. The summed E-state index contributed by atoms with van der Waals surface area (Å²) >= 11 is 5.21. The standard InChI is InChI=1S/C18H23N5OS/c1-21-7-5-16-14(10-21)13-9-12(11-24)3-4-15(13)23(16)8-6-17-19-20-18(25)22(17)2/h3-4,9,24H,5-8,10-11H2,1-2H3,(H,20,25). The molecule has 0 atom stereocenters. The number of aromatic nitrogens is 4. The minimum absolute atomic E-state index is 0.0798. The molecule has 132 valence electrons. The second-order valence-corrected chi connectivity index (χ2v) is 7.21. The first-order valence-electron chi connectivity index (χ1n) is 8.61. The maximum atomic E-state index is 9.50. The van der Waals surface area contributed by atoms with Crippen molar-refractivity contribution in [2.75, 3.05) is 13.6 Å². The molecule has 0 unspecified atom stereocenters. The Morgan fingerprint density at radius 2 is 2.16 bits per heavy atom. The van der Waals surface area contributed by atoms with Gasteiger partial charge in [0.1, 0.15) is 5.82 Å². The predicted molar refractivity (Wildman–Crippen MR) is 100.0 cm³/mol. The van der Waals surface area contributed by atoms with Crippen molar-refractivity contribution < 1.29 is 5.11 Å². The maximum absolute atomic E-state index is 9.50. The number of nitrogens with one attached hydrogen (secondary N) is 1. The Bertz CT molecular complexity index is 983. The molecule has 1 aromatic carbocycles. The van der Waals surface area contributed by atoms with Gasteiger partial charge in [0.25, 0.3) is 0 Å². The van der Waals surface area contributed by atoms with Crippen LogP contribution in [0.3, 0.4) is 0 Å². The van der Waals surface area contributed by atoms with Gasteiger partial charge in [-0.05, 0) is 42.5 Å². The Kier molecular flexibility index (Phi) is 4.23. The van der Waals surface area contributed by atoms with E-state index in [1.165, 1.54) is 22.2 Å². The molecule has 3 aromatic rings. The number of fused-ring (bicyclic) bond motifs is 3. The molecular weight excluding hydrogens is 334 g/mol. The third-order valence-electron chi connectivity index (χ3n) is 5.22. The summed E-state index contributed by atoms with van der Waals surface area (Å²) in [4.78, 5) is 2.36. The number of nitrogens with zero attached hydrogens (tertiary/aromatic N) is 4. The Morgan fingerprint density at radius 3 is 2.88 bits per heavy atom. The van der Waals surface area contributed by atoms with Crippen molar-refractivity contribution in [1.82, 2.24) is 24.2 Å². The van der Waals surface area contributed by atoms with Gasteiger partial charge in [-0.15, -0.1) is 0 Å². The van der Waals surface area contributed by atoms with E-state index in [9.17, 15) is 5.11 Å². The zero-order valence-corrected chi connectivity index (χ0v) is 15.4. The highest BCUT2D eigenvalue weighted by molar-refractivity contribution is 7.71. The van der Waals surface area contributed by atoms with E-state index in [4.69, 9.17) is 12.2 Å². The van der Waals surface area contributed by atoms with Crippen molar-refractivity contribution in [2.45, 2.75) is 32.5 Å². The summed E-state index contributed by atoms with van der Waals surface area (Å²) in [6.45, 7) is 2.99. The van der Waals surface area contributed by atoms with Gasteiger partial charge >= 0.3 is 0 Å². The molecule has 0 fully saturated rings. The van der Waals surface area contributed by atoms with Gasteiger partial charge < -0.3 is 19.1 Å². The van der Waals surface area contributed by atoms with Crippen LogP contribution in [-0.2, 0) is 39.6 Å². The lowest BCUT2D eigenvalue weighted by Gasteiger charge is -2.24. The third kappa shape index (κ3) is 2.82. The van der Waals surface area contributed by atoms with E-state index in [1.807, 2.05) is 17.7 Å². The van der Waals surface area contributed by atoms with Gasteiger partial charge in [-0.2, -0.15) is 5.10 Å². The van der Waals surface area contributed by atoms with Crippen LogP contribution in [0, 0.1) is 4.77 Å². The van der Waals surface area contributed by atoms with Crippen LogP contribution in [0.2, 0.25) is 0 Å². The molecule has 7 heteroatoms. The van der Waals surface area contributed by atoms with Crippen molar-refractivity contribution >= 4 is 23.1 Å². The summed E-state index contributed by atoms with van der Waals surface area (Å²) in [5.41, 5.74) is 5.03. The lowest BCUT2D eigenvalue weighted by atomic mass is 10.0. The Labute approximate surface area is 151 Å². The maximum Gasteiger partial charge on any atom is 0.194 e. The molecule has 3 heterocycles. The minimum Gasteiger partial charge on any atom is -0.392 e. The van der Waals surface area contributed by atoms with E-state index in [1.54, 1.807) is 0 Å². The molecule has 0 amide bonds. The molecule has 6 nitrogen and oxygen atoms in total. The number of likely N-dealkylation sites (N-methyl/N-ethyl adjacent to an activating group) is 1. The first-order valence-corrected chi connectivity index (χ1v) is 9.02. The summed E-state index contributed by atoms with van der Waals surface area (Å²) in [7, 11) is 4.11. The number of aliphatic hydroxyl groups excluding tert-OH is 1. The summed E-state index contributed by atoms with van der Waals surface area (Å²) in [6, 6.07) is 6.30. The van der Waals surface area contributed by atoms with Crippen LogP contribution in [0.25, 0.3) is 10.9 Å². The molecule has 4 rings (SSSR count). The molecule has 25 heavy (non-hydrogen) atoms. The van der Waals surface area contributed by atoms with E-state index in [0.717, 1.165) is 43.9 Å². The van der Waals surface area contributed by atoms with Crippen molar-refractivity contribution in [1.29, 1.82) is 0 Å². The number of aliphatic hydroxyl groups is 1. The molecule has 0 radical (unpaired) electrons. The SMILES string of the molecule is CN1CCc2c(c3cc(CO)ccc3n2CCc2n[nH]c(=S)n2C)C1. The quantitative estimate of drug-likeness (QED) is 0.703. The fourth-order valence-corrected chi connectivity index (χ4v) is 3.95. The zero-order chi connectivity index (χ0) is 17.6. The number of hydrogen-bond donors (Lipinski definition) is 2. The second kappa shape index (κ2) is 6.40. The minimum atomic E-state index is 0.0798. The second-order valence-electron chi connectivity index (χ2n) is 6.83. The molecule has 2 N–H and O–H groups in total. The fraction of sp³-hybridized carbons (Fsp3) is 0.444. The molecule has 2 aromatic heterocycles. The van der Waals surface area contributed by atoms with Crippen LogP contribution in [0.5, 0.6) is 0 Å². The fourth-order valence-electron chi connectivity index (χ4n) is 3.80. The molecular formula is C18H23N5OS. The molecule has 0 bridgehead atoms. The molecule has 0 saturated carbocycles. The van der Waals surface area contributed by atoms with Crippen molar-refractivity contribution in [2.24, 2.45) is 7.05 Å². The van der Waals surface area contributed by atoms with Gasteiger partial charge in [0.2, 0.25) is 0 Å². The van der Waals surface area contributed by atoms with Gasteiger partial charge in [0.15, 0.2) is 4.77 Å². The van der Waals surface area contributed by atoms with E-state index in [0.29, 0.717) is 4.77 Å². The van der Waals surface area contributed by atoms with Gasteiger partial charge in [-0.3, -0.25) is 5.10 Å². The number of aryl methyl sites for hydroxylation is 2. The lowest BCUT2D eigenvalue weighted by Crippen LogP contribution is -2.27. The van der Waals surface area contributed by atoms with Crippen molar-refractivity contribution in [3.8, 4) is 0 Å². The number of H-pyrrole nitrogens is 1. The highest BCUT2D eigenvalue weighted by Gasteiger charge is 2.22. The summed E-state index contributed by atoms with van der Waals surface area (Å²) in [5, 5.41) is 18.0. The zero-order valence-electron chi connectivity index (χ0n) is 14.6. The predicted octanol–water partition coefficient (Wildman–Crippen LogP) is 2.16. The van der Waals surface area contributed by atoms with Gasteiger partial charge in [0.05, 0.1) is 6.61 Å². The largest absolute Gasteiger partial charge is 0.392 e. The van der Waals surface area contributed by atoms with Crippen LogP contribution in [0.4, 0.5) is 0 Å². The summed E-state index contributed by atoms with van der Waals surface area (Å²) in [6.07, 6.45) is 1.88. The summed E-state index contributed by atoms with van der Waals surface area (Å²) < 4.78 is 5.02. The molecule has 0 spiro atoms. The van der Waals surface area contributed by atoms with Gasteiger partial charge in [0, 0.05) is 56.1 Å². The molecule has 0 aliphatic carbocycles. The topological polar surface area (TPSA) is 62.0 Å². The van der Waals surface area contributed by atoms with Crippen LogP contribution < -0.4 is 0 Å². The number of hydrogen-bond acceptors (Lipinski definition) is 4. The number of rotatable bonds is 4. The van der Waals surface area contributed by atoms with E-state index in [-0.39, 0.29) is 6.61 Å². The average molecular weight is 357 g/mol. The van der Waals surface area contributed by atoms with Crippen LogP contribution in [0.15, 0.2) is 18.2 Å². The van der Waals surface area contributed by atoms with Crippen LogP contribution in [0.1, 0.15) is 22.6 Å². The highest BCUT2D eigenvalue weighted by atomic mass is 32.1. The normalized spacial score (nSPS) is 15.0. The van der Waals surface area contributed by atoms with Crippen LogP contribution in [-0.4, -0.2) is 42.9 Å². The average Bonchev–Trinajstić information content (AvgIpc) is 3.10. The summed E-state index contributed by atoms with van der Waals surface area (Å²) in [5.74, 6) is 0.973.